The molecule has 12 aromatic carbocycles. The van der Waals surface area contributed by atoms with Crippen molar-refractivity contribution >= 4 is 5.97 Å². The van der Waals surface area contributed by atoms with Gasteiger partial charge in [0.15, 0.2) is 31.3 Å². The number of ether oxygens (including phenoxy) is 20. The minimum absolute atomic E-state index is 0.0230. The van der Waals surface area contributed by atoms with Gasteiger partial charge in [0.25, 0.3) is 0 Å². The molecule has 0 unspecified atom stereocenters. The third kappa shape index (κ3) is 27.8. The molecule has 4 aliphatic heterocycles. The highest BCUT2D eigenvalue weighted by atomic mass is 16.8. The number of hydrogen-bond acceptors (Lipinski definition) is 22. The Labute approximate surface area is 772 Å². The molecule has 0 amide bonds. The van der Waals surface area contributed by atoms with Gasteiger partial charge in [0.2, 0.25) is 0 Å². The second-order valence-corrected chi connectivity index (χ2v) is 33.2. The molecule has 688 valence electrons. The quantitative estimate of drug-likeness (QED) is 0.0350. The Morgan fingerprint density at radius 2 is 0.379 bits per heavy atom. The average molecular weight is 1790 g/mol. The van der Waals surface area contributed by atoms with Crippen molar-refractivity contribution in [3.8, 4) is 0 Å². The molecule has 16 rings (SSSR count). The van der Waals surface area contributed by atoms with Gasteiger partial charge in [-0.05, 0) is 66.8 Å². The number of esters is 1. The number of carbonyl (C=O) groups excluding carboxylic acids is 1. The number of rotatable bonds is 47. The fourth-order valence-electron chi connectivity index (χ4n) is 16.8. The molecule has 0 spiro atoms. The van der Waals surface area contributed by atoms with E-state index < -0.39 is 129 Å². The first-order valence-corrected chi connectivity index (χ1v) is 45.3. The summed E-state index contributed by atoms with van der Waals surface area (Å²) in [5.74, 6) is -0.685. The average Bonchev–Trinajstić information content (AvgIpc) is 0.752. The van der Waals surface area contributed by atoms with Gasteiger partial charge < -0.3 is 99.8 Å². The Kier molecular flexibility index (Phi) is 36.1. The van der Waals surface area contributed by atoms with Crippen LogP contribution in [0.15, 0.2) is 364 Å². The number of hydrogen-bond donors (Lipinski definition) is 1. The molecule has 0 aliphatic carbocycles. The van der Waals surface area contributed by atoms with Crippen molar-refractivity contribution in [1.29, 1.82) is 0 Å². The maximum absolute atomic E-state index is 14.5. The smallest absolute Gasteiger partial charge is 0.303 e. The summed E-state index contributed by atoms with van der Waals surface area (Å²) < 4.78 is 147. The van der Waals surface area contributed by atoms with Crippen LogP contribution in [0, 0.1) is 0 Å². The second-order valence-electron chi connectivity index (χ2n) is 33.2. The van der Waals surface area contributed by atoms with E-state index in [1.54, 1.807) is 0 Å². The highest BCUT2D eigenvalue weighted by Gasteiger charge is 2.60. The van der Waals surface area contributed by atoms with Crippen LogP contribution >= 0.6 is 0 Å². The largest absolute Gasteiger partial charge is 0.454 e. The molecule has 22 heteroatoms. The van der Waals surface area contributed by atoms with Gasteiger partial charge in [-0.25, -0.2) is 0 Å². The molecule has 4 aliphatic rings. The van der Waals surface area contributed by atoms with E-state index >= 15 is 0 Å². The van der Waals surface area contributed by atoms with Crippen LogP contribution in [-0.4, -0.2) is 160 Å². The summed E-state index contributed by atoms with van der Waals surface area (Å²) in [6, 6.07) is 117. The van der Waals surface area contributed by atoms with Crippen molar-refractivity contribution in [1.82, 2.24) is 0 Å². The maximum Gasteiger partial charge on any atom is 0.303 e. The summed E-state index contributed by atoms with van der Waals surface area (Å²) in [6.07, 6.45) is -26.2. The zero-order valence-electron chi connectivity index (χ0n) is 74.0. The minimum Gasteiger partial charge on any atom is -0.454 e. The van der Waals surface area contributed by atoms with Gasteiger partial charge >= 0.3 is 5.97 Å². The zero-order valence-corrected chi connectivity index (χ0v) is 74.0. The van der Waals surface area contributed by atoms with Crippen LogP contribution in [0.4, 0.5) is 0 Å². The first-order chi connectivity index (χ1) is 65.2. The Hall–Kier alpha value is -10.7. The number of aliphatic hydroxyl groups is 1. The lowest BCUT2D eigenvalue weighted by Crippen LogP contribution is -2.69. The normalized spacial score (nSPS) is 25.4. The van der Waals surface area contributed by atoms with Gasteiger partial charge in [0, 0.05) is 6.92 Å². The Morgan fingerprint density at radius 3 is 0.591 bits per heavy atom. The van der Waals surface area contributed by atoms with E-state index in [0.717, 1.165) is 66.8 Å². The van der Waals surface area contributed by atoms with Crippen molar-refractivity contribution in [2.75, 3.05) is 26.4 Å². The zero-order chi connectivity index (χ0) is 89.9. The fraction of sp³-hybridized carbons (Fsp3) is 0.336. The predicted octanol–water partition coefficient (Wildman–Crippen LogP) is 17.5. The van der Waals surface area contributed by atoms with Crippen LogP contribution in [0.25, 0.3) is 0 Å². The molecular formula is C110H116O22. The van der Waals surface area contributed by atoms with E-state index in [0.29, 0.717) is 0 Å². The molecule has 0 saturated carbocycles. The van der Waals surface area contributed by atoms with Crippen molar-refractivity contribution in [2.24, 2.45) is 0 Å². The van der Waals surface area contributed by atoms with Gasteiger partial charge in [-0.15, -0.1) is 0 Å². The van der Waals surface area contributed by atoms with E-state index in [1.807, 2.05) is 364 Å². The Morgan fingerprint density at radius 1 is 0.212 bits per heavy atom. The van der Waals surface area contributed by atoms with Crippen LogP contribution in [-0.2, 0) is 179 Å². The standard InChI is InChI=1S/C110H116O22/c1-78(111)125-104-100(122-71-88-56-32-11-33-57-88)96(118-67-84-48-24-7-25-49-84)92(75-114-63-80-40-16-3-17-41-80)127-108(104)131-106-102(124-73-90-60-36-13-37-61-90)98(120-69-86-52-28-9-29-53-86)94(77-116-65-82-44-20-5-21-45-82)129-110(106)132-105-101(123-72-89-58-34-12-35-59-89)97(119-68-85-50-26-8-27-51-85)93(76-115-64-81-42-18-4-19-43-81)128-109(105)130-103-99(121-70-87-54-30-10-31-55-87)95(117-66-83-46-22-6-23-47-83)91(126-107(103)112)74-113-62-79-38-14-2-15-39-79/h2-61,91-110,112H,62-77H2,1H3/t91-,92-,93-,94-,95-,96-,97-,98-,99+,100+,101+,102+,103+,104-,105+,106+,107+,108+,109-,110+/m1/s1. The number of aliphatic hydroxyl groups excluding tert-OH is 1. The van der Waals surface area contributed by atoms with Crippen molar-refractivity contribution < 1.29 is 105 Å². The monoisotopic (exact) mass is 1790 g/mol. The summed E-state index contributed by atoms with van der Waals surface area (Å²) >= 11 is 0. The summed E-state index contributed by atoms with van der Waals surface area (Å²) in [5, 5.41) is 13.4. The van der Waals surface area contributed by atoms with Crippen LogP contribution < -0.4 is 0 Å². The summed E-state index contributed by atoms with van der Waals surface area (Å²) in [5.41, 5.74) is 10.2. The van der Waals surface area contributed by atoms with Gasteiger partial charge in [0.1, 0.15) is 91.6 Å². The maximum atomic E-state index is 14.5. The molecule has 132 heavy (non-hydrogen) atoms. The molecule has 4 saturated heterocycles. The molecule has 20 atom stereocenters. The molecule has 4 heterocycles. The third-order valence-corrected chi connectivity index (χ3v) is 23.4. The number of benzene rings is 12. The lowest BCUT2D eigenvalue weighted by Gasteiger charge is -2.52. The lowest BCUT2D eigenvalue weighted by molar-refractivity contribution is -0.415. The number of carbonyl (C=O) groups is 1. The Bertz CT molecular complexity index is 5200. The van der Waals surface area contributed by atoms with Crippen LogP contribution in [0.2, 0.25) is 0 Å². The summed E-state index contributed by atoms with van der Waals surface area (Å²) in [7, 11) is 0. The first-order valence-electron chi connectivity index (χ1n) is 45.3. The van der Waals surface area contributed by atoms with Crippen molar-refractivity contribution in [3.05, 3.63) is 431 Å². The van der Waals surface area contributed by atoms with E-state index in [2.05, 4.69) is 0 Å². The van der Waals surface area contributed by atoms with Gasteiger partial charge in [-0.3, -0.25) is 4.79 Å². The van der Waals surface area contributed by atoms with Crippen LogP contribution in [0.1, 0.15) is 73.7 Å². The molecular weight excluding hydrogens is 1670 g/mol. The molecule has 4 fully saturated rings. The predicted molar refractivity (Wildman–Crippen MR) is 492 cm³/mol. The molecule has 1 N–H and O–H groups in total. The minimum atomic E-state index is -1.80. The summed E-state index contributed by atoms with van der Waals surface area (Å²) in [4.78, 5) is 14.5. The van der Waals surface area contributed by atoms with Crippen LogP contribution in [0.5, 0.6) is 0 Å². The lowest BCUT2D eigenvalue weighted by atomic mass is 9.94. The highest BCUT2D eigenvalue weighted by Crippen LogP contribution is 2.42. The van der Waals surface area contributed by atoms with E-state index in [-0.39, 0.29) is 106 Å². The SMILES string of the molecule is CC(=O)O[C@H]1[C@H](O[C@@H]2[C@H](O[C@@H]3[C@@H](O[C@H]4[C@@H](OCc5ccccc5)[C@H](OCc5ccccc5)[C@@H](COCc5ccccc5)O[C@@H]4O)O[C@H](COCc4ccccc4)[C@@H](OCc4ccccc4)[C@@H]3OCc3ccccc3)O[C@H](COCc3ccccc3)[C@@H](OCc3ccccc3)[C@@H]2OCc2ccccc2)O[C@H](COCc2ccccc2)[C@@H](OCc2ccccc2)[C@@H]1OCc1ccccc1. The Balaban J connectivity index is 0.873. The van der Waals surface area contributed by atoms with Crippen LogP contribution in [0.3, 0.4) is 0 Å². The second kappa shape index (κ2) is 50.4. The topological polar surface area (TPSA) is 222 Å². The van der Waals surface area contributed by atoms with Gasteiger partial charge in [0.05, 0.1) is 106 Å². The summed E-state index contributed by atoms with van der Waals surface area (Å²) in [6.45, 7) is 1.98. The molecule has 0 radical (unpaired) electrons. The fourth-order valence-corrected chi connectivity index (χ4v) is 16.8. The van der Waals surface area contributed by atoms with Crippen molar-refractivity contribution in [3.63, 3.8) is 0 Å². The van der Waals surface area contributed by atoms with Gasteiger partial charge in [-0.1, -0.05) is 364 Å². The molecule has 0 aromatic heterocycles. The molecule has 0 bridgehead atoms. The third-order valence-electron chi connectivity index (χ3n) is 23.4. The van der Waals surface area contributed by atoms with E-state index in [1.165, 1.54) is 6.92 Å². The van der Waals surface area contributed by atoms with Crippen molar-refractivity contribution in [2.45, 2.75) is 209 Å². The highest BCUT2D eigenvalue weighted by molar-refractivity contribution is 5.66. The van der Waals surface area contributed by atoms with E-state index in [9.17, 15) is 9.90 Å². The van der Waals surface area contributed by atoms with Gasteiger partial charge in [-0.2, -0.15) is 0 Å². The first kappa shape index (κ1) is 94.5. The van der Waals surface area contributed by atoms with E-state index in [4.69, 9.17) is 94.7 Å². The molecule has 12 aromatic rings. The molecule has 22 nitrogen and oxygen atoms in total.